The van der Waals surface area contributed by atoms with Gasteiger partial charge in [0.1, 0.15) is 5.82 Å². The van der Waals surface area contributed by atoms with Gasteiger partial charge in [-0.3, -0.25) is 4.79 Å². The Kier molecular flexibility index (Phi) is 5.57. The Morgan fingerprint density at radius 2 is 2.16 bits per heavy atom. The molecule has 0 saturated carbocycles. The van der Waals surface area contributed by atoms with E-state index in [1.165, 1.54) is 12.1 Å². The lowest BCUT2D eigenvalue weighted by molar-refractivity contribution is -0.137. The molecule has 104 valence electrons. The van der Waals surface area contributed by atoms with Gasteiger partial charge in [0.15, 0.2) is 0 Å². The van der Waals surface area contributed by atoms with Crippen molar-refractivity contribution < 1.29 is 19.1 Å². The Bertz CT molecular complexity index is 482. The van der Waals surface area contributed by atoms with E-state index in [-0.39, 0.29) is 17.1 Å². The molecule has 1 aromatic carbocycles. The van der Waals surface area contributed by atoms with Gasteiger partial charge in [0.2, 0.25) is 0 Å². The molecule has 7 heteroatoms. The molecule has 1 unspecified atom stereocenters. The number of urea groups is 1. The molecule has 0 spiro atoms. The van der Waals surface area contributed by atoms with Crippen molar-refractivity contribution >= 4 is 29.3 Å². The standard InChI is InChI=1S/C12H14ClFN2O3/c1-2-8(6-11(17)18)15-12(19)16-10-5-7(14)3-4-9(10)13/h3-5,8H,2,6H2,1H3,(H,17,18)(H2,15,16,19). The Labute approximate surface area is 114 Å². The van der Waals surface area contributed by atoms with E-state index >= 15 is 0 Å². The highest BCUT2D eigenvalue weighted by atomic mass is 35.5. The predicted molar refractivity (Wildman–Crippen MR) is 69.9 cm³/mol. The van der Waals surface area contributed by atoms with Gasteiger partial charge in [0.05, 0.1) is 17.1 Å². The molecule has 0 aliphatic rings. The van der Waals surface area contributed by atoms with Crippen molar-refractivity contribution in [2.24, 2.45) is 0 Å². The summed E-state index contributed by atoms with van der Waals surface area (Å²) < 4.78 is 13.0. The molecule has 1 aromatic rings. The zero-order chi connectivity index (χ0) is 14.4. The number of carbonyl (C=O) groups excluding carboxylic acids is 1. The first-order valence-electron chi connectivity index (χ1n) is 5.66. The van der Waals surface area contributed by atoms with Gasteiger partial charge < -0.3 is 15.7 Å². The van der Waals surface area contributed by atoms with Gasteiger partial charge in [-0.05, 0) is 24.6 Å². The van der Waals surface area contributed by atoms with Gasteiger partial charge in [0.25, 0.3) is 0 Å². The van der Waals surface area contributed by atoms with E-state index in [0.717, 1.165) is 6.07 Å². The van der Waals surface area contributed by atoms with Crippen LogP contribution in [-0.2, 0) is 4.79 Å². The van der Waals surface area contributed by atoms with Crippen molar-refractivity contribution in [2.45, 2.75) is 25.8 Å². The minimum Gasteiger partial charge on any atom is -0.481 e. The van der Waals surface area contributed by atoms with Crippen molar-refractivity contribution in [1.29, 1.82) is 0 Å². The van der Waals surface area contributed by atoms with Crippen molar-refractivity contribution in [3.8, 4) is 0 Å². The number of benzene rings is 1. The smallest absolute Gasteiger partial charge is 0.319 e. The summed E-state index contributed by atoms with van der Waals surface area (Å²) in [5.74, 6) is -1.53. The molecule has 5 nitrogen and oxygen atoms in total. The molecule has 0 aromatic heterocycles. The maximum atomic E-state index is 13.0. The van der Waals surface area contributed by atoms with Crippen LogP contribution >= 0.6 is 11.6 Å². The van der Waals surface area contributed by atoms with Crippen LogP contribution in [0.1, 0.15) is 19.8 Å². The van der Waals surface area contributed by atoms with Crippen molar-refractivity contribution in [3.63, 3.8) is 0 Å². The number of halogens is 2. The zero-order valence-corrected chi connectivity index (χ0v) is 11.0. The summed E-state index contributed by atoms with van der Waals surface area (Å²) >= 11 is 5.79. The number of hydrogen-bond acceptors (Lipinski definition) is 2. The summed E-state index contributed by atoms with van der Waals surface area (Å²) in [5, 5.41) is 13.7. The van der Waals surface area contributed by atoms with Crippen LogP contribution in [0.25, 0.3) is 0 Å². The van der Waals surface area contributed by atoms with E-state index in [1.807, 2.05) is 0 Å². The summed E-state index contributed by atoms with van der Waals surface area (Å²) in [6.07, 6.45) is 0.289. The van der Waals surface area contributed by atoms with Gasteiger partial charge in [0, 0.05) is 6.04 Å². The molecule has 1 rings (SSSR count). The lowest BCUT2D eigenvalue weighted by Crippen LogP contribution is -2.38. The van der Waals surface area contributed by atoms with Gasteiger partial charge in [-0.15, -0.1) is 0 Å². The number of carbonyl (C=O) groups is 2. The molecule has 0 bridgehead atoms. The quantitative estimate of drug-likeness (QED) is 0.779. The SMILES string of the molecule is CCC(CC(=O)O)NC(=O)Nc1cc(F)ccc1Cl. The highest BCUT2D eigenvalue weighted by Gasteiger charge is 2.14. The van der Waals surface area contributed by atoms with Gasteiger partial charge in [-0.25, -0.2) is 9.18 Å². The van der Waals surface area contributed by atoms with E-state index in [2.05, 4.69) is 10.6 Å². The minimum atomic E-state index is -1.00. The highest BCUT2D eigenvalue weighted by molar-refractivity contribution is 6.33. The third kappa shape index (κ3) is 5.13. The monoisotopic (exact) mass is 288 g/mol. The zero-order valence-electron chi connectivity index (χ0n) is 10.2. The number of amides is 2. The first-order valence-corrected chi connectivity index (χ1v) is 6.04. The van der Waals surface area contributed by atoms with E-state index in [9.17, 15) is 14.0 Å². The second kappa shape index (κ2) is 6.94. The first kappa shape index (κ1) is 15.2. The number of carboxylic acid groups (broad SMARTS) is 1. The number of nitrogens with one attached hydrogen (secondary N) is 2. The Morgan fingerprint density at radius 1 is 1.47 bits per heavy atom. The van der Waals surface area contributed by atoms with Crippen LogP contribution in [0.3, 0.4) is 0 Å². The summed E-state index contributed by atoms with van der Waals surface area (Å²) in [5.41, 5.74) is 0.129. The Hall–Kier alpha value is -1.82. The average molecular weight is 289 g/mol. The third-order valence-electron chi connectivity index (χ3n) is 2.43. The second-order valence-corrected chi connectivity index (χ2v) is 4.33. The summed E-state index contributed by atoms with van der Waals surface area (Å²) in [7, 11) is 0. The Balaban J connectivity index is 2.63. The largest absolute Gasteiger partial charge is 0.481 e. The van der Waals surface area contributed by atoms with Crippen LogP contribution in [0.2, 0.25) is 5.02 Å². The van der Waals surface area contributed by atoms with Gasteiger partial charge >= 0.3 is 12.0 Å². The molecular weight excluding hydrogens is 275 g/mol. The predicted octanol–water partition coefficient (Wildman–Crippen LogP) is 2.85. The van der Waals surface area contributed by atoms with Crippen LogP contribution in [0, 0.1) is 5.82 Å². The lowest BCUT2D eigenvalue weighted by atomic mass is 10.1. The average Bonchev–Trinajstić information content (AvgIpc) is 2.32. The van der Waals surface area contributed by atoms with Crippen molar-refractivity contribution in [3.05, 3.63) is 29.0 Å². The second-order valence-electron chi connectivity index (χ2n) is 3.93. The Morgan fingerprint density at radius 3 is 2.74 bits per heavy atom. The molecule has 19 heavy (non-hydrogen) atoms. The molecule has 0 radical (unpaired) electrons. The maximum absolute atomic E-state index is 13.0. The number of carboxylic acids is 1. The molecule has 0 aliphatic heterocycles. The molecule has 0 aliphatic carbocycles. The number of aliphatic carboxylic acids is 1. The van der Waals surface area contributed by atoms with E-state index in [0.29, 0.717) is 6.42 Å². The number of rotatable bonds is 5. The lowest BCUT2D eigenvalue weighted by Gasteiger charge is -2.15. The summed E-state index contributed by atoms with van der Waals surface area (Å²) in [4.78, 5) is 22.2. The van der Waals surface area contributed by atoms with Crippen LogP contribution in [0.15, 0.2) is 18.2 Å². The molecule has 1 atom stereocenters. The summed E-state index contributed by atoms with van der Waals surface area (Å²) in [6, 6.07) is 2.46. The fourth-order valence-electron chi connectivity index (χ4n) is 1.45. The molecule has 0 saturated heterocycles. The van der Waals surface area contributed by atoms with Gasteiger partial charge in [-0.1, -0.05) is 18.5 Å². The van der Waals surface area contributed by atoms with Crippen molar-refractivity contribution in [2.75, 3.05) is 5.32 Å². The molecule has 0 heterocycles. The molecule has 3 N–H and O–H groups in total. The van der Waals surface area contributed by atoms with E-state index in [4.69, 9.17) is 16.7 Å². The highest BCUT2D eigenvalue weighted by Crippen LogP contribution is 2.22. The fourth-order valence-corrected chi connectivity index (χ4v) is 1.61. The number of hydrogen-bond donors (Lipinski definition) is 3. The maximum Gasteiger partial charge on any atom is 0.319 e. The minimum absolute atomic E-state index is 0.129. The van der Waals surface area contributed by atoms with Crippen LogP contribution in [0.4, 0.5) is 14.9 Å². The van der Waals surface area contributed by atoms with Crippen LogP contribution < -0.4 is 10.6 Å². The van der Waals surface area contributed by atoms with Crippen LogP contribution in [0.5, 0.6) is 0 Å². The topological polar surface area (TPSA) is 78.4 Å². The first-order chi connectivity index (χ1) is 8.92. The molecular formula is C12H14ClFN2O3. The third-order valence-corrected chi connectivity index (χ3v) is 2.76. The van der Waals surface area contributed by atoms with Crippen LogP contribution in [-0.4, -0.2) is 23.1 Å². The van der Waals surface area contributed by atoms with E-state index < -0.39 is 23.9 Å². The number of anilines is 1. The van der Waals surface area contributed by atoms with Gasteiger partial charge in [-0.2, -0.15) is 0 Å². The molecule has 2 amide bonds. The normalized spacial score (nSPS) is 11.7. The molecule has 0 fully saturated rings. The van der Waals surface area contributed by atoms with Crippen molar-refractivity contribution in [1.82, 2.24) is 5.32 Å². The van der Waals surface area contributed by atoms with E-state index in [1.54, 1.807) is 6.92 Å². The fraction of sp³-hybridized carbons (Fsp3) is 0.333. The summed E-state index contributed by atoms with van der Waals surface area (Å²) in [6.45, 7) is 1.75.